The Morgan fingerprint density at radius 1 is 1.36 bits per heavy atom. The molecule has 1 aromatic rings. The first-order valence-corrected chi connectivity index (χ1v) is 7.69. The summed E-state index contributed by atoms with van der Waals surface area (Å²) in [5.74, 6) is 0.429. The number of rotatable bonds is 6. The fourth-order valence-electron chi connectivity index (χ4n) is 2.67. The SMILES string of the molecule is COCC(=O)NCc1ccc2c(c1)CCN2C(=O)CC(C)C. The molecule has 0 atom stereocenters. The number of nitrogens with one attached hydrogen (secondary N) is 1. The van der Waals surface area contributed by atoms with Gasteiger partial charge in [-0.25, -0.2) is 0 Å². The van der Waals surface area contributed by atoms with E-state index in [0.29, 0.717) is 18.9 Å². The number of methoxy groups -OCH3 is 1. The first kappa shape index (κ1) is 16.5. The molecule has 22 heavy (non-hydrogen) atoms. The van der Waals surface area contributed by atoms with Gasteiger partial charge in [-0.15, -0.1) is 0 Å². The van der Waals surface area contributed by atoms with Gasteiger partial charge in [0.05, 0.1) is 0 Å². The standard InChI is InChI=1S/C17H24N2O3/c1-12(2)8-17(21)19-7-6-14-9-13(4-5-15(14)19)10-18-16(20)11-22-3/h4-5,9,12H,6-8,10-11H2,1-3H3,(H,18,20). The van der Waals surface area contributed by atoms with Gasteiger partial charge in [-0.2, -0.15) is 0 Å². The third kappa shape index (κ3) is 4.07. The molecule has 0 aliphatic carbocycles. The molecule has 0 unspecified atom stereocenters. The van der Waals surface area contributed by atoms with Crippen molar-refractivity contribution in [2.75, 3.05) is 25.2 Å². The second-order valence-corrected chi connectivity index (χ2v) is 6.07. The van der Waals surface area contributed by atoms with Crippen LogP contribution in [0.1, 0.15) is 31.4 Å². The van der Waals surface area contributed by atoms with Gasteiger partial charge in [0.2, 0.25) is 11.8 Å². The van der Waals surface area contributed by atoms with Crippen LogP contribution in [-0.4, -0.2) is 32.1 Å². The Bertz CT molecular complexity index is 555. The molecule has 1 aromatic carbocycles. The minimum atomic E-state index is -0.128. The maximum atomic E-state index is 12.2. The van der Waals surface area contributed by atoms with Crippen LogP contribution in [0.4, 0.5) is 5.69 Å². The van der Waals surface area contributed by atoms with Crippen LogP contribution in [0.25, 0.3) is 0 Å². The van der Waals surface area contributed by atoms with Crippen LogP contribution in [0.15, 0.2) is 18.2 Å². The molecule has 0 spiro atoms. The smallest absolute Gasteiger partial charge is 0.246 e. The molecule has 0 bridgehead atoms. The van der Waals surface area contributed by atoms with Gasteiger partial charge in [0.1, 0.15) is 6.61 Å². The summed E-state index contributed by atoms with van der Waals surface area (Å²) in [4.78, 5) is 25.5. The molecule has 2 rings (SSSR count). The first-order chi connectivity index (χ1) is 10.5. The molecule has 0 fully saturated rings. The van der Waals surface area contributed by atoms with Crippen molar-refractivity contribution in [3.05, 3.63) is 29.3 Å². The van der Waals surface area contributed by atoms with Crippen molar-refractivity contribution in [1.29, 1.82) is 0 Å². The topological polar surface area (TPSA) is 58.6 Å². The van der Waals surface area contributed by atoms with E-state index in [-0.39, 0.29) is 18.4 Å². The summed E-state index contributed by atoms with van der Waals surface area (Å²) in [6.45, 7) is 5.42. The van der Waals surface area contributed by atoms with Gasteiger partial charge >= 0.3 is 0 Å². The van der Waals surface area contributed by atoms with E-state index in [0.717, 1.165) is 24.2 Å². The van der Waals surface area contributed by atoms with Crippen molar-refractivity contribution in [3.63, 3.8) is 0 Å². The van der Waals surface area contributed by atoms with Gasteiger partial charge in [-0.3, -0.25) is 9.59 Å². The summed E-state index contributed by atoms with van der Waals surface area (Å²) in [5.41, 5.74) is 3.23. The summed E-state index contributed by atoms with van der Waals surface area (Å²) in [6.07, 6.45) is 1.45. The Balaban J connectivity index is 2.01. The number of anilines is 1. The van der Waals surface area contributed by atoms with Gasteiger partial charge in [-0.05, 0) is 29.5 Å². The molecule has 5 nitrogen and oxygen atoms in total. The molecule has 120 valence electrons. The Morgan fingerprint density at radius 2 is 2.14 bits per heavy atom. The van der Waals surface area contributed by atoms with E-state index in [1.165, 1.54) is 12.7 Å². The van der Waals surface area contributed by atoms with Crippen LogP contribution >= 0.6 is 0 Å². The van der Waals surface area contributed by atoms with E-state index in [9.17, 15) is 9.59 Å². The minimum Gasteiger partial charge on any atom is -0.375 e. The molecule has 1 aliphatic rings. The molecule has 1 N–H and O–H groups in total. The Hall–Kier alpha value is -1.88. The second-order valence-electron chi connectivity index (χ2n) is 6.07. The van der Waals surface area contributed by atoms with E-state index < -0.39 is 0 Å². The molecule has 1 heterocycles. The van der Waals surface area contributed by atoms with Crippen molar-refractivity contribution in [1.82, 2.24) is 5.32 Å². The van der Waals surface area contributed by atoms with Gasteiger partial charge in [-0.1, -0.05) is 26.0 Å². The van der Waals surface area contributed by atoms with Crippen LogP contribution in [0.3, 0.4) is 0 Å². The Morgan fingerprint density at radius 3 is 2.82 bits per heavy atom. The maximum Gasteiger partial charge on any atom is 0.246 e. The van der Waals surface area contributed by atoms with E-state index in [1.807, 2.05) is 17.0 Å². The lowest BCUT2D eigenvalue weighted by Crippen LogP contribution is -2.29. The molecule has 2 amide bonds. The highest BCUT2D eigenvalue weighted by Gasteiger charge is 2.24. The number of hydrogen-bond donors (Lipinski definition) is 1. The highest BCUT2D eigenvalue weighted by atomic mass is 16.5. The van der Waals surface area contributed by atoms with E-state index >= 15 is 0 Å². The summed E-state index contributed by atoms with van der Waals surface area (Å²) in [7, 11) is 1.50. The maximum absolute atomic E-state index is 12.2. The van der Waals surface area contributed by atoms with Crippen LogP contribution in [0.5, 0.6) is 0 Å². The average Bonchev–Trinajstić information content (AvgIpc) is 2.88. The number of carbonyl (C=O) groups excluding carboxylic acids is 2. The van der Waals surface area contributed by atoms with Crippen molar-refractivity contribution in [2.24, 2.45) is 5.92 Å². The fourth-order valence-corrected chi connectivity index (χ4v) is 2.67. The molecular formula is C17H24N2O3. The van der Waals surface area contributed by atoms with E-state index in [2.05, 4.69) is 25.2 Å². The lowest BCUT2D eigenvalue weighted by Gasteiger charge is -2.18. The molecule has 1 aliphatic heterocycles. The Labute approximate surface area is 131 Å². The molecule has 0 radical (unpaired) electrons. The summed E-state index contributed by atoms with van der Waals surface area (Å²) in [5, 5.41) is 2.81. The number of fused-ring (bicyclic) bond motifs is 1. The van der Waals surface area contributed by atoms with Crippen molar-refractivity contribution >= 4 is 17.5 Å². The zero-order valence-corrected chi connectivity index (χ0v) is 13.5. The van der Waals surface area contributed by atoms with Crippen LogP contribution in [0, 0.1) is 5.92 Å². The molecular weight excluding hydrogens is 280 g/mol. The molecule has 0 aromatic heterocycles. The van der Waals surface area contributed by atoms with E-state index in [4.69, 9.17) is 4.74 Å². The minimum absolute atomic E-state index is 0.0718. The van der Waals surface area contributed by atoms with Crippen molar-refractivity contribution < 1.29 is 14.3 Å². The second kappa shape index (κ2) is 7.40. The number of benzene rings is 1. The quantitative estimate of drug-likeness (QED) is 0.873. The summed E-state index contributed by atoms with van der Waals surface area (Å²) >= 11 is 0. The number of nitrogens with zero attached hydrogens (tertiary/aromatic N) is 1. The summed E-state index contributed by atoms with van der Waals surface area (Å²) in [6, 6.07) is 6.02. The zero-order valence-electron chi connectivity index (χ0n) is 13.5. The predicted octanol–water partition coefficient (Wildman–Crippen LogP) is 1.88. The van der Waals surface area contributed by atoms with Gasteiger partial charge < -0.3 is 15.0 Å². The lowest BCUT2D eigenvalue weighted by molar-refractivity contribution is -0.125. The van der Waals surface area contributed by atoms with Gasteiger partial charge in [0.25, 0.3) is 0 Å². The molecule has 0 saturated carbocycles. The van der Waals surface area contributed by atoms with Crippen LogP contribution in [0.2, 0.25) is 0 Å². The predicted molar refractivity (Wildman–Crippen MR) is 85.7 cm³/mol. The number of amides is 2. The monoisotopic (exact) mass is 304 g/mol. The van der Waals surface area contributed by atoms with Gasteiger partial charge in [0, 0.05) is 32.3 Å². The van der Waals surface area contributed by atoms with Crippen LogP contribution < -0.4 is 10.2 Å². The largest absolute Gasteiger partial charge is 0.375 e. The third-order valence-corrected chi connectivity index (χ3v) is 3.69. The highest BCUT2D eigenvalue weighted by molar-refractivity contribution is 5.95. The number of hydrogen-bond acceptors (Lipinski definition) is 3. The average molecular weight is 304 g/mol. The summed E-state index contributed by atoms with van der Waals surface area (Å²) < 4.78 is 4.78. The van der Waals surface area contributed by atoms with Crippen LogP contribution in [-0.2, 0) is 27.3 Å². The lowest BCUT2D eigenvalue weighted by atomic mass is 10.1. The normalized spacial score (nSPS) is 13.4. The first-order valence-electron chi connectivity index (χ1n) is 7.69. The number of ether oxygens (including phenoxy) is 1. The molecule has 0 saturated heterocycles. The Kier molecular flexibility index (Phi) is 5.55. The van der Waals surface area contributed by atoms with Crippen molar-refractivity contribution in [2.45, 2.75) is 33.2 Å². The third-order valence-electron chi connectivity index (χ3n) is 3.69. The van der Waals surface area contributed by atoms with E-state index in [1.54, 1.807) is 0 Å². The molecule has 5 heteroatoms. The fraction of sp³-hybridized carbons (Fsp3) is 0.529. The zero-order chi connectivity index (χ0) is 16.1. The van der Waals surface area contributed by atoms with Gasteiger partial charge in [0.15, 0.2) is 0 Å². The van der Waals surface area contributed by atoms with Crippen molar-refractivity contribution in [3.8, 4) is 0 Å². The number of carbonyl (C=O) groups is 2. The highest BCUT2D eigenvalue weighted by Crippen LogP contribution is 2.29.